The maximum absolute atomic E-state index is 12.3. The second-order valence-corrected chi connectivity index (χ2v) is 7.53. The molecule has 156 valence electrons. The Morgan fingerprint density at radius 2 is 1.73 bits per heavy atom. The minimum Gasteiger partial charge on any atom is -0.506 e. The summed E-state index contributed by atoms with van der Waals surface area (Å²) in [6, 6.07) is 10.8. The van der Waals surface area contributed by atoms with Gasteiger partial charge in [-0.05, 0) is 48.7 Å². The van der Waals surface area contributed by atoms with Crippen molar-refractivity contribution in [3.63, 3.8) is 0 Å². The molecule has 0 bridgehead atoms. The van der Waals surface area contributed by atoms with E-state index in [0.29, 0.717) is 22.7 Å². The molecule has 2 aromatic carbocycles. The summed E-state index contributed by atoms with van der Waals surface area (Å²) in [7, 11) is 0. The quantitative estimate of drug-likeness (QED) is 0.287. The molecule has 8 nitrogen and oxygen atoms in total. The van der Waals surface area contributed by atoms with Gasteiger partial charge < -0.3 is 14.6 Å². The van der Waals surface area contributed by atoms with Gasteiger partial charge in [0, 0.05) is 5.57 Å². The van der Waals surface area contributed by atoms with E-state index in [-0.39, 0.29) is 19.0 Å². The van der Waals surface area contributed by atoms with Gasteiger partial charge in [-0.1, -0.05) is 26.5 Å². The molecule has 0 atom stereocenters. The Kier molecular flexibility index (Phi) is 4.77. The van der Waals surface area contributed by atoms with Gasteiger partial charge in [-0.3, -0.25) is 0 Å². The molecule has 2 heterocycles. The summed E-state index contributed by atoms with van der Waals surface area (Å²) in [4.78, 5) is 25.5. The molecule has 0 radical (unpaired) electrons. The molecule has 30 heavy (non-hydrogen) atoms. The van der Waals surface area contributed by atoms with Crippen molar-refractivity contribution in [2.45, 2.75) is 26.7 Å². The summed E-state index contributed by atoms with van der Waals surface area (Å²) >= 11 is 0. The van der Waals surface area contributed by atoms with E-state index in [9.17, 15) is 14.7 Å². The lowest BCUT2D eigenvalue weighted by molar-refractivity contribution is -0.140. The topological polar surface area (TPSA) is 86.6 Å². The highest BCUT2D eigenvalue weighted by Gasteiger charge is 2.27. The molecule has 4 aromatic rings. The van der Waals surface area contributed by atoms with Crippen LogP contribution >= 0.6 is 0 Å². The number of esters is 2. The van der Waals surface area contributed by atoms with Crippen molar-refractivity contribution in [1.29, 1.82) is 0 Å². The van der Waals surface area contributed by atoms with E-state index < -0.39 is 11.9 Å². The summed E-state index contributed by atoms with van der Waals surface area (Å²) in [6.45, 7) is 9.17. The van der Waals surface area contributed by atoms with E-state index in [1.54, 1.807) is 25.1 Å². The fourth-order valence-electron chi connectivity index (χ4n) is 3.21. The van der Waals surface area contributed by atoms with Gasteiger partial charge in [0.2, 0.25) is 0 Å². The molecule has 0 saturated heterocycles. The molecule has 0 aliphatic carbocycles. The molecule has 0 saturated carbocycles. The van der Waals surface area contributed by atoms with Crippen LogP contribution in [0.1, 0.15) is 42.6 Å². The van der Waals surface area contributed by atoms with Crippen LogP contribution in [0.4, 0.5) is 0 Å². The summed E-state index contributed by atoms with van der Waals surface area (Å²) in [5.41, 5.74) is 4.26. The third-order valence-corrected chi connectivity index (χ3v) is 4.93. The Hall–Kier alpha value is -3.68. The van der Waals surface area contributed by atoms with E-state index in [1.165, 1.54) is 0 Å². The minimum absolute atomic E-state index is 0.0263. The maximum Gasteiger partial charge on any atom is 0.338 e. The van der Waals surface area contributed by atoms with Crippen molar-refractivity contribution < 1.29 is 24.2 Å². The van der Waals surface area contributed by atoms with Gasteiger partial charge in [0.1, 0.15) is 35.7 Å². The van der Waals surface area contributed by atoms with Crippen LogP contribution in [0.5, 0.6) is 5.75 Å². The second kappa shape index (κ2) is 7.29. The van der Waals surface area contributed by atoms with Crippen molar-refractivity contribution in [2.24, 2.45) is 0 Å². The first-order valence-corrected chi connectivity index (χ1v) is 9.66. The van der Waals surface area contributed by atoms with Crippen LogP contribution < -0.4 is 0 Å². The smallest absolute Gasteiger partial charge is 0.338 e. The highest BCUT2D eigenvalue weighted by Crippen LogP contribution is 2.33. The Balaban J connectivity index is 1.50. The molecule has 0 unspecified atom stereocenters. The average Bonchev–Trinajstić information content (AvgIpc) is 3.37. The van der Waals surface area contributed by atoms with Crippen molar-refractivity contribution in [2.75, 3.05) is 13.2 Å². The standard InChI is InChI=1S/C22H23N3O5/c1-13(2)15-6-8-20(26)19(11-15)25-23-17-7-5-16(12-18(17)24(23)25)22(28)30-10-9-29-21(27)14(3)4/h5-8,11-13,26H,3,9-10H2,1-2,4H3. The molecular formula is C22H23N3O5. The number of nitrogens with zero attached hydrogens (tertiary/aromatic N) is 3. The van der Waals surface area contributed by atoms with Gasteiger partial charge in [0.05, 0.1) is 5.56 Å². The Bertz CT molecular complexity index is 1260. The van der Waals surface area contributed by atoms with E-state index in [0.717, 1.165) is 16.6 Å². The molecule has 2 aromatic heterocycles. The molecule has 0 aliphatic heterocycles. The van der Waals surface area contributed by atoms with Crippen LogP contribution in [0, 0.1) is 0 Å². The van der Waals surface area contributed by atoms with Crippen LogP contribution in [0.15, 0.2) is 48.6 Å². The molecule has 0 aliphatic rings. The number of phenols is 1. The van der Waals surface area contributed by atoms with Crippen molar-refractivity contribution in [3.05, 3.63) is 59.7 Å². The average molecular weight is 409 g/mol. The zero-order valence-electron chi connectivity index (χ0n) is 17.1. The number of phenolic OH excluding ortho intramolecular Hbond substituents is 1. The highest BCUT2D eigenvalue weighted by molar-refractivity contribution is 5.94. The Morgan fingerprint density at radius 3 is 2.43 bits per heavy atom. The fraction of sp³-hybridized carbons (Fsp3) is 0.273. The first-order chi connectivity index (χ1) is 14.3. The summed E-state index contributed by atoms with van der Waals surface area (Å²) in [5.74, 6) is -0.492. The van der Waals surface area contributed by atoms with E-state index >= 15 is 0 Å². The number of rotatable bonds is 7. The lowest BCUT2D eigenvalue weighted by atomic mass is 10.0. The SMILES string of the molecule is C=C(C)C(=O)OCCOC(=O)c1ccc2c(c1)n1n(-c3cc(C(C)C)ccc3O)n21. The van der Waals surface area contributed by atoms with Gasteiger partial charge in [0.15, 0.2) is 0 Å². The van der Waals surface area contributed by atoms with Gasteiger partial charge in [-0.15, -0.1) is 14.1 Å². The molecule has 4 rings (SSSR count). The fourth-order valence-corrected chi connectivity index (χ4v) is 3.21. The van der Waals surface area contributed by atoms with Crippen LogP contribution in [-0.2, 0) is 14.3 Å². The van der Waals surface area contributed by atoms with Gasteiger partial charge in [-0.2, -0.15) is 0 Å². The van der Waals surface area contributed by atoms with Crippen molar-refractivity contribution in [1.82, 2.24) is 14.1 Å². The van der Waals surface area contributed by atoms with Crippen molar-refractivity contribution in [3.8, 4) is 11.4 Å². The zero-order valence-corrected chi connectivity index (χ0v) is 17.1. The second-order valence-electron chi connectivity index (χ2n) is 7.53. The van der Waals surface area contributed by atoms with Crippen molar-refractivity contribution >= 4 is 23.0 Å². The number of hydrogen-bond acceptors (Lipinski definition) is 5. The van der Waals surface area contributed by atoms with E-state index in [1.807, 2.05) is 32.3 Å². The number of aromatic hydroxyl groups is 1. The lowest BCUT2D eigenvalue weighted by Gasteiger charge is -2.07. The molecule has 1 N–H and O–H groups in total. The van der Waals surface area contributed by atoms with Crippen LogP contribution in [0.3, 0.4) is 0 Å². The number of carbonyl (C=O) groups excluding carboxylic acids is 2. The van der Waals surface area contributed by atoms with Gasteiger partial charge in [-0.25, -0.2) is 9.59 Å². The number of ether oxygens (including phenoxy) is 2. The third-order valence-electron chi connectivity index (χ3n) is 4.93. The molecule has 0 amide bonds. The number of fused-ring (bicyclic) bond motifs is 4. The third kappa shape index (κ3) is 3.30. The zero-order chi connectivity index (χ0) is 21.6. The number of hydrogen-bond donors (Lipinski definition) is 1. The summed E-state index contributed by atoms with van der Waals surface area (Å²) in [6.07, 6.45) is 0. The van der Waals surface area contributed by atoms with Crippen LogP contribution in [-0.4, -0.2) is 44.3 Å². The number of carbonyl (C=O) groups is 2. The molecule has 0 spiro atoms. The Morgan fingerprint density at radius 1 is 1.03 bits per heavy atom. The predicted molar refractivity (Wildman–Crippen MR) is 111 cm³/mol. The number of benzene rings is 2. The monoisotopic (exact) mass is 409 g/mol. The normalized spacial score (nSPS) is 11.6. The predicted octanol–water partition coefficient (Wildman–Crippen LogP) is 3.53. The molecule has 8 heteroatoms. The summed E-state index contributed by atoms with van der Waals surface area (Å²) in [5, 5.41) is 10.3. The Labute approximate surface area is 172 Å². The molecule has 0 fully saturated rings. The van der Waals surface area contributed by atoms with E-state index in [2.05, 4.69) is 20.4 Å². The van der Waals surface area contributed by atoms with Gasteiger partial charge >= 0.3 is 11.9 Å². The maximum atomic E-state index is 12.3. The first-order valence-electron chi connectivity index (χ1n) is 9.66. The molecular weight excluding hydrogens is 386 g/mol. The number of aromatic nitrogens is 3. The highest BCUT2D eigenvalue weighted by atomic mass is 16.6. The minimum atomic E-state index is -0.515. The largest absolute Gasteiger partial charge is 0.506 e. The van der Waals surface area contributed by atoms with Crippen LogP contribution in [0.25, 0.3) is 16.7 Å². The summed E-state index contributed by atoms with van der Waals surface area (Å²) < 4.78 is 13.8. The van der Waals surface area contributed by atoms with Crippen LogP contribution in [0.2, 0.25) is 0 Å². The van der Waals surface area contributed by atoms with E-state index in [4.69, 9.17) is 9.47 Å². The lowest BCUT2D eigenvalue weighted by Crippen LogP contribution is -2.14. The van der Waals surface area contributed by atoms with Gasteiger partial charge in [0.25, 0.3) is 0 Å². The first kappa shape index (κ1) is 19.6.